The Balaban J connectivity index is 3.96. The minimum Gasteiger partial charge on any atom is -0.396 e. The zero-order chi connectivity index (χ0) is 22.3. The monoisotopic (exact) mass is 426 g/mol. The van der Waals surface area contributed by atoms with Gasteiger partial charge in [-0.1, -0.05) is 70.8 Å². The van der Waals surface area contributed by atoms with Crippen molar-refractivity contribution >= 4 is 11.8 Å². The number of unbranched alkanes of at least 4 members (excludes halogenated alkanes) is 10. The average molecular weight is 427 g/mol. The van der Waals surface area contributed by atoms with Gasteiger partial charge in [-0.25, -0.2) is 0 Å². The molecular weight excluding hydrogens is 380 g/mol. The Morgan fingerprint density at radius 3 is 2.00 bits per heavy atom. The van der Waals surface area contributed by atoms with Crippen molar-refractivity contribution < 1.29 is 19.8 Å². The molecule has 0 saturated carbocycles. The van der Waals surface area contributed by atoms with Crippen LogP contribution in [0.4, 0.5) is 0 Å². The number of hydrogen-bond acceptors (Lipinski definition) is 4. The third-order valence-electron chi connectivity index (χ3n) is 5.11. The molecule has 0 saturated heterocycles. The lowest BCUT2D eigenvalue weighted by Gasteiger charge is -2.18. The molecule has 0 fully saturated rings. The molecule has 3 N–H and O–H groups in total. The van der Waals surface area contributed by atoms with Gasteiger partial charge in [0.1, 0.15) is 0 Å². The summed E-state index contributed by atoms with van der Waals surface area (Å²) in [6.07, 6.45) is 19.2. The number of carbonyl (C=O) groups is 2. The van der Waals surface area contributed by atoms with Gasteiger partial charge in [0.15, 0.2) is 0 Å². The van der Waals surface area contributed by atoms with Crippen LogP contribution in [0.3, 0.4) is 0 Å². The fourth-order valence-electron chi connectivity index (χ4n) is 3.23. The highest BCUT2D eigenvalue weighted by atomic mass is 16.3. The second-order valence-corrected chi connectivity index (χ2v) is 7.95. The van der Waals surface area contributed by atoms with E-state index in [0.29, 0.717) is 25.9 Å². The summed E-state index contributed by atoms with van der Waals surface area (Å²) in [6.45, 7) is 3.22. The highest BCUT2D eigenvalue weighted by molar-refractivity contribution is 5.84. The lowest BCUT2D eigenvalue weighted by molar-refractivity contribution is -0.131. The Hall–Kier alpha value is -1.40. The molecule has 0 aliphatic rings. The van der Waals surface area contributed by atoms with E-state index in [1.165, 1.54) is 57.8 Å². The molecule has 0 bridgehead atoms. The van der Waals surface area contributed by atoms with E-state index in [0.717, 1.165) is 12.8 Å². The molecule has 0 unspecified atom stereocenters. The number of allylic oxidation sites excluding steroid dienone is 1. The first-order valence-electron chi connectivity index (χ1n) is 12.1. The predicted octanol–water partition coefficient (Wildman–Crippen LogP) is 4.30. The zero-order valence-electron chi connectivity index (χ0n) is 19.2. The minimum atomic E-state index is -0.173. The summed E-state index contributed by atoms with van der Waals surface area (Å²) >= 11 is 0. The number of aliphatic hydroxyl groups excluding tert-OH is 2. The second kappa shape index (κ2) is 22.3. The average Bonchev–Trinajstić information content (AvgIpc) is 2.75. The molecule has 30 heavy (non-hydrogen) atoms. The van der Waals surface area contributed by atoms with Crippen LogP contribution in [0, 0.1) is 0 Å². The molecule has 0 aromatic carbocycles. The molecular formula is C24H46N2O4. The van der Waals surface area contributed by atoms with Gasteiger partial charge in [-0.3, -0.25) is 9.59 Å². The van der Waals surface area contributed by atoms with Crippen LogP contribution in [-0.4, -0.2) is 53.2 Å². The number of carbonyl (C=O) groups excluding carboxylic acids is 2. The largest absolute Gasteiger partial charge is 0.396 e. The van der Waals surface area contributed by atoms with Crippen molar-refractivity contribution in [2.75, 3.05) is 26.3 Å². The zero-order valence-corrected chi connectivity index (χ0v) is 19.2. The highest BCUT2D eigenvalue weighted by Gasteiger charge is 2.12. The molecule has 0 atom stereocenters. The molecule has 0 aromatic rings. The first-order valence-corrected chi connectivity index (χ1v) is 12.1. The number of nitrogens with one attached hydrogen (secondary N) is 1. The minimum absolute atomic E-state index is 0.0394. The summed E-state index contributed by atoms with van der Waals surface area (Å²) in [5, 5.41) is 20.5. The van der Waals surface area contributed by atoms with E-state index in [1.807, 2.05) is 12.3 Å². The summed E-state index contributed by atoms with van der Waals surface area (Å²) in [4.78, 5) is 25.7. The summed E-state index contributed by atoms with van der Waals surface area (Å²) in [5.74, 6) is -0.270. The van der Waals surface area contributed by atoms with Gasteiger partial charge in [0.25, 0.3) is 0 Å². The molecule has 0 heterocycles. The van der Waals surface area contributed by atoms with E-state index >= 15 is 0 Å². The fraction of sp³-hybridized carbons (Fsp3) is 0.833. The van der Waals surface area contributed by atoms with Gasteiger partial charge in [-0.2, -0.15) is 0 Å². The van der Waals surface area contributed by atoms with Crippen molar-refractivity contribution in [1.29, 1.82) is 0 Å². The molecule has 0 aliphatic carbocycles. The molecule has 0 aliphatic heterocycles. The van der Waals surface area contributed by atoms with Gasteiger partial charge in [-0.15, -0.1) is 0 Å². The van der Waals surface area contributed by atoms with Crippen LogP contribution < -0.4 is 5.32 Å². The number of hydrogen-bond donors (Lipinski definition) is 3. The number of rotatable bonds is 21. The Labute approximate surface area is 184 Å². The topological polar surface area (TPSA) is 89.9 Å². The van der Waals surface area contributed by atoms with Crippen LogP contribution in [0.15, 0.2) is 12.3 Å². The first kappa shape index (κ1) is 28.6. The molecule has 6 heteroatoms. The summed E-state index contributed by atoms with van der Waals surface area (Å²) in [6, 6.07) is 0. The van der Waals surface area contributed by atoms with Crippen LogP contribution >= 0.6 is 0 Å². The smallest absolute Gasteiger partial charge is 0.227 e. The van der Waals surface area contributed by atoms with Gasteiger partial charge in [-0.05, 0) is 25.7 Å². The highest BCUT2D eigenvalue weighted by Crippen LogP contribution is 2.11. The molecule has 0 spiro atoms. The van der Waals surface area contributed by atoms with Crippen molar-refractivity contribution in [2.45, 2.75) is 103 Å². The SMILES string of the molecule is CCCCCCCCCCCCC=CN(CCCO)C(=O)CCC(=O)NCCCO. The maximum Gasteiger partial charge on any atom is 0.227 e. The third-order valence-corrected chi connectivity index (χ3v) is 5.11. The number of amides is 2. The van der Waals surface area contributed by atoms with Crippen LogP contribution in [-0.2, 0) is 9.59 Å². The third kappa shape index (κ3) is 18.6. The predicted molar refractivity (Wildman–Crippen MR) is 123 cm³/mol. The quantitative estimate of drug-likeness (QED) is 0.239. The lowest BCUT2D eigenvalue weighted by atomic mass is 10.1. The van der Waals surface area contributed by atoms with E-state index in [-0.39, 0.29) is 37.9 Å². The van der Waals surface area contributed by atoms with Crippen molar-refractivity contribution in [3.05, 3.63) is 12.3 Å². The van der Waals surface area contributed by atoms with Crippen LogP contribution in [0.5, 0.6) is 0 Å². The molecule has 176 valence electrons. The maximum absolute atomic E-state index is 12.4. The molecule has 0 radical (unpaired) electrons. The van der Waals surface area contributed by atoms with Crippen molar-refractivity contribution in [3.8, 4) is 0 Å². The Bertz CT molecular complexity index is 441. The number of aliphatic hydroxyl groups is 2. The molecule has 0 aromatic heterocycles. The van der Waals surface area contributed by atoms with Crippen LogP contribution in [0.25, 0.3) is 0 Å². The molecule has 0 rings (SSSR count). The van der Waals surface area contributed by atoms with E-state index in [1.54, 1.807) is 4.90 Å². The van der Waals surface area contributed by atoms with Gasteiger partial charge in [0.05, 0.1) is 0 Å². The first-order chi connectivity index (χ1) is 14.7. The van der Waals surface area contributed by atoms with E-state index in [4.69, 9.17) is 10.2 Å². The van der Waals surface area contributed by atoms with Crippen molar-refractivity contribution in [2.24, 2.45) is 0 Å². The van der Waals surface area contributed by atoms with Crippen LogP contribution in [0.2, 0.25) is 0 Å². The second-order valence-electron chi connectivity index (χ2n) is 7.95. The number of nitrogens with zero attached hydrogens (tertiary/aromatic N) is 1. The van der Waals surface area contributed by atoms with Crippen molar-refractivity contribution in [1.82, 2.24) is 10.2 Å². The standard InChI is InChI=1S/C24H46N2O4/c1-2-3-4-5-6-7-8-9-10-11-12-13-19-26(20-15-22-28)24(30)17-16-23(29)25-18-14-21-27/h13,19,27-28H,2-12,14-18,20-22H2,1H3,(H,25,29). The van der Waals surface area contributed by atoms with Crippen LogP contribution in [0.1, 0.15) is 103 Å². The van der Waals surface area contributed by atoms with E-state index in [9.17, 15) is 9.59 Å². The molecule has 2 amide bonds. The van der Waals surface area contributed by atoms with Gasteiger partial charge in [0.2, 0.25) is 11.8 Å². The lowest BCUT2D eigenvalue weighted by Crippen LogP contribution is -2.30. The Morgan fingerprint density at radius 2 is 1.40 bits per heavy atom. The van der Waals surface area contributed by atoms with E-state index in [2.05, 4.69) is 12.2 Å². The molecule has 6 nitrogen and oxygen atoms in total. The van der Waals surface area contributed by atoms with Crippen molar-refractivity contribution in [3.63, 3.8) is 0 Å². The summed E-state index contributed by atoms with van der Waals surface area (Å²) in [7, 11) is 0. The van der Waals surface area contributed by atoms with Gasteiger partial charge < -0.3 is 20.4 Å². The maximum atomic E-state index is 12.4. The fourth-order valence-corrected chi connectivity index (χ4v) is 3.23. The Morgan fingerprint density at radius 1 is 0.800 bits per heavy atom. The Kier molecular flexibility index (Phi) is 21.2. The normalized spacial score (nSPS) is 11.2. The van der Waals surface area contributed by atoms with Gasteiger partial charge in [0, 0.05) is 45.3 Å². The van der Waals surface area contributed by atoms with Gasteiger partial charge >= 0.3 is 0 Å². The summed E-state index contributed by atoms with van der Waals surface area (Å²) < 4.78 is 0. The van der Waals surface area contributed by atoms with E-state index < -0.39 is 0 Å². The summed E-state index contributed by atoms with van der Waals surface area (Å²) in [5.41, 5.74) is 0.